The van der Waals surface area contributed by atoms with Crippen molar-refractivity contribution in [2.45, 2.75) is 26.4 Å². The van der Waals surface area contributed by atoms with E-state index >= 15 is 0 Å². The second-order valence-electron chi connectivity index (χ2n) is 7.32. The maximum atomic E-state index is 13.0. The minimum atomic E-state index is -0.183. The number of ether oxygens (including phenoxy) is 1. The highest BCUT2D eigenvalue weighted by atomic mass is 16.5. The molecule has 3 aromatic rings. The van der Waals surface area contributed by atoms with Crippen LogP contribution < -0.4 is 5.32 Å². The number of hydrogen-bond acceptors (Lipinski definition) is 4. The first-order chi connectivity index (χ1) is 14.0. The summed E-state index contributed by atoms with van der Waals surface area (Å²) in [7, 11) is 1.82. The molecule has 0 radical (unpaired) electrons. The molecule has 0 saturated carbocycles. The summed E-state index contributed by atoms with van der Waals surface area (Å²) in [6, 6.07) is 11.7. The summed E-state index contributed by atoms with van der Waals surface area (Å²) in [5.41, 5.74) is 4.22. The minimum absolute atomic E-state index is 0.174. The van der Waals surface area contributed by atoms with Gasteiger partial charge < -0.3 is 9.64 Å². The maximum absolute atomic E-state index is 13.0. The lowest BCUT2D eigenvalue weighted by atomic mass is 10.0. The molecule has 1 atom stereocenters. The third-order valence-corrected chi connectivity index (χ3v) is 5.28. The van der Waals surface area contributed by atoms with E-state index in [-0.39, 0.29) is 12.1 Å². The Hall–Kier alpha value is -3.13. The summed E-state index contributed by atoms with van der Waals surface area (Å²) in [5, 5.41) is 11.9. The van der Waals surface area contributed by atoms with Crippen LogP contribution in [0.2, 0.25) is 0 Å². The van der Waals surface area contributed by atoms with Gasteiger partial charge in [0, 0.05) is 37.1 Å². The van der Waals surface area contributed by atoms with E-state index in [1.165, 1.54) is 5.56 Å². The van der Waals surface area contributed by atoms with Gasteiger partial charge in [-0.25, -0.2) is 4.79 Å². The zero-order chi connectivity index (χ0) is 20.4. The number of rotatable bonds is 4. The summed E-state index contributed by atoms with van der Waals surface area (Å²) in [5.74, 6) is 0.538. The Kier molecular flexibility index (Phi) is 5.35. The monoisotopic (exact) mass is 394 g/mol. The van der Waals surface area contributed by atoms with Gasteiger partial charge in [0.25, 0.3) is 0 Å². The highest BCUT2D eigenvalue weighted by Gasteiger charge is 2.33. The molecule has 8 nitrogen and oxygen atoms in total. The van der Waals surface area contributed by atoms with Crippen molar-refractivity contribution in [2.75, 3.05) is 25.1 Å². The SMILES string of the molecule is Cc1nn(Cc2ccccc2)c(C)c1[C@@H]1COCCN1C(=O)Nc1ccn(C)n1. The number of aryl methyl sites for hydroxylation is 2. The molecule has 2 aromatic heterocycles. The van der Waals surface area contributed by atoms with Gasteiger partial charge in [0.1, 0.15) is 0 Å². The lowest BCUT2D eigenvalue weighted by Crippen LogP contribution is -2.45. The topological polar surface area (TPSA) is 77.2 Å². The number of nitrogens with one attached hydrogen (secondary N) is 1. The molecule has 1 aliphatic heterocycles. The zero-order valence-corrected chi connectivity index (χ0v) is 17.0. The lowest BCUT2D eigenvalue weighted by molar-refractivity contribution is 0.0143. The van der Waals surface area contributed by atoms with E-state index in [1.807, 2.05) is 41.8 Å². The number of benzene rings is 1. The first kappa shape index (κ1) is 19.2. The second-order valence-corrected chi connectivity index (χ2v) is 7.32. The number of nitrogens with zero attached hydrogens (tertiary/aromatic N) is 5. The van der Waals surface area contributed by atoms with Gasteiger partial charge >= 0.3 is 6.03 Å². The number of amides is 2. The molecule has 1 aliphatic rings. The van der Waals surface area contributed by atoms with Crippen molar-refractivity contribution >= 4 is 11.8 Å². The summed E-state index contributed by atoms with van der Waals surface area (Å²) in [6.07, 6.45) is 1.80. The summed E-state index contributed by atoms with van der Waals surface area (Å²) >= 11 is 0. The van der Waals surface area contributed by atoms with E-state index in [0.717, 1.165) is 17.0 Å². The molecule has 1 N–H and O–H groups in total. The van der Waals surface area contributed by atoms with Crippen LogP contribution in [0, 0.1) is 13.8 Å². The van der Waals surface area contributed by atoms with Crippen molar-refractivity contribution in [2.24, 2.45) is 7.05 Å². The fourth-order valence-corrected chi connectivity index (χ4v) is 3.85. The molecule has 152 valence electrons. The Bertz CT molecular complexity index is 994. The number of aromatic nitrogens is 4. The third-order valence-electron chi connectivity index (χ3n) is 5.28. The number of hydrogen-bond donors (Lipinski definition) is 1. The molecule has 2 amide bonds. The molecule has 29 heavy (non-hydrogen) atoms. The van der Waals surface area contributed by atoms with Crippen LogP contribution in [-0.4, -0.2) is 50.3 Å². The molecular formula is C21H26N6O2. The highest BCUT2D eigenvalue weighted by molar-refractivity contribution is 5.88. The van der Waals surface area contributed by atoms with Crippen LogP contribution in [0.5, 0.6) is 0 Å². The van der Waals surface area contributed by atoms with E-state index in [0.29, 0.717) is 32.1 Å². The predicted molar refractivity (Wildman–Crippen MR) is 110 cm³/mol. The van der Waals surface area contributed by atoms with Gasteiger partial charge in [0.05, 0.1) is 31.5 Å². The number of morpholine rings is 1. The van der Waals surface area contributed by atoms with Crippen molar-refractivity contribution < 1.29 is 9.53 Å². The first-order valence-electron chi connectivity index (χ1n) is 9.76. The molecule has 4 rings (SSSR count). The van der Waals surface area contributed by atoms with Crippen LogP contribution in [-0.2, 0) is 18.3 Å². The average molecular weight is 394 g/mol. The second kappa shape index (κ2) is 8.08. The smallest absolute Gasteiger partial charge is 0.323 e. The Morgan fingerprint density at radius 3 is 2.72 bits per heavy atom. The van der Waals surface area contributed by atoms with Crippen LogP contribution in [0.3, 0.4) is 0 Å². The van der Waals surface area contributed by atoms with Gasteiger partial charge in [-0.15, -0.1) is 0 Å². The van der Waals surface area contributed by atoms with E-state index in [4.69, 9.17) is 9.84 Å². The minimum Gasteiger partial charge on any atom is -0.377 e. The Balaban J connectivity index is 1.58. The number of carbonyl (C=O) groups is 1. The standard InChI is InChI=1S/C21H26N6O2/c1-15-20(16(2)27(23-15)13-17-7-5-4-6-8-17)18-14-29-12-11-26(18)21(28)22-19-9-10-25(3)24-19/h4-10,18H,11-14H2,1-3H3,(H,22,24,28)/t18-/m0/s1. The Morgan fingerprint density at radius 2 is 2.00 bits per heavy atom. The quantitative estimate of drug-likeness (QED) is 0.738. The fraction of sp³-hybridized carbons (Fsp3) is 0.381. The molecule has 1 saturated heterocycles. The van der Waals surface area contributed by atoms with Crippen LogP contribution in [0.15, 0.2) is 42.6 Å². The molecule has 0 spiro atoms. The maximum Gasteiger partial charge on any atom is 0.323 e. The van der Waals surface area contributed by atoms with Crippen LogP contribution in [0.25, 0.3) is 0 Å². The predicted octanol–water partition coefficient (Wildman–Crippen LogP) is 2.89. The van der Waals surface area contributed by atoms with E-state index in [2.05, 4.69) is 29.5 Å². The van der Waals surface area contributed by atoms with Gasteiger partial charge in [0.15, 0.2) is 5.82 Å². The Morgan fingerprint density at radius 1 is 1.21 bits per heavy atom. The van der Waals surface area contributed by atoms with Crippen LogP contribution in [0.1, 0.15) is 28.6 Å². The van der Waals surface area contributed by atoms with E-state index < -0.39 is 0 Å². The van der Waals surface area contributed by atoms with Gasteiger partial charge in [-0.1, -0.05) is 30.3 Å². The van der Waals surface area contributed by atoms with Gasteiger partial charge in [-0.2, -0.15) is 10.2 Å². The average Bonchev–Trinajstić information content (AvgIpc) is 3.24. The number of urea groups is 1. The number of anilines is 1. The van der Waals surface area contributed by atoms with Crippen molar-refractivity contribution in [3.05, 3.63) is 65.1 Å². The number of carbonyl (C=O) groups excluding carboxylic acids is 1. The van der Waals surface area contributed by atoms with Crippen molar-refractivity contribution in [1.29, 1.82) is 0 Å². The Labute approximate surface area is 170 Å². The van der Waals surface area contributed by atoms with Crippen molar-refractivity contribution in [1.82, 2.24) is 24.5 Å². The highest BCUT2D eigenvalue weighted by Crippen LogP contribution is 2.30. The van der Waals surface area contributed by atoms with Crippen LogP contribution >= 0.6 is 0 Å². The first-order valence-corrected chi connectivity index (χ1v) is 9.76. The fourth-order valence-electron chi connectivity index (χ4n) is 3.85. The molecule has 8 heteroatoms. The molecular weight excluding hydrogens is 368 g/mol. The zero-order valence-electron chi connectivity index (χ0n) is 17.0. The van der Waals surface area contributed by atoms with E-state index in [1.54, 1.807) is 16.9 Å². The molecule has 0 aliphatic carbocycles. The third kappa shape index (κ3) is 4.02. The molecule has 0 unspecified atom stereocenters. The normalized spacial score (nSPS) is 16.8. The van der Waals surface area contributed by atoms with Crippen molar-refractivity contribution in [3.63, 3.8) is 0 Å². The van der Waals surface area contributed by atoms with E-state index in [9.17, 15) is 4.79 Å². The largest absolute Gasteiger partial charge is 0.377 e. The summed E-state index contributed by atoms with van der Waals surface area (Å²) < 4.78 is 9.39. The molecule has 3 heterocycles. The van der Waals surface area contributed by atoms with Crippen molar-refractivity contribution in [3.8, 4) is 0 Å². The summed E-state index contributed by atoms with van der Waals surface area (Å²) in [6.45, 7) is 6.24. The van der Waals surface area contributed by atoms with Gasteiger partial charge in [-0.3, -0.25) is 14.7 Å². The van der Waals surface area contributed by atoms with Crippen LogP contribution in [0.4, 0.5) is 10.6 Å². The lowest BCUT2D eigenvalue weighted by Gasteiger charge is -2.35. The molecule has 1 fully saturated rings. The summed E-state index contributed by atoms with van der Waals surface area (Å²) in [4.78, 5) is 14.8. The molecule has 0 bridgehead atoms. The van der Waals surface area contributed by atoms with Gasteiger partial charge in [0.2, 0.25) is 0 Å². The molecule has 1 aromatic carbocycles. The van der Waals surface area contributed by atoms with Gasteiger partial charge in [-0.05, 0) is 19.4 Å².